The number of carbonyl (C=O) groups excluding carboxylic acids is 2. The molecule has 1 saturated heterocycles. The van der Waals surface area contributed by atoms with Crippen LogP contribution in [0, 0.1) is 33.8 Å². The lowest BCUT2D eigenvalue weighted by atomic mass is 9.85. The van der Waals surface area contributed by atoms with Crippen molar-refractivity contribution in [2.45, 2.75) is 13.0 Å². The van der Waals surface area contributed by atoms with Crippen molar-refractivity contribution >= 4 is 23.7 Å². The van der Waals surface area contributed by atoms with E-state index in [1.807, 2.05) is 0 Å². The number of nitro benzene ring substituents is 1. The molecule has 5 rings (SSSR count). The molecule has 0 aromatic heterocycles. The van der Waals surface area contributed by atoms with Crippen molar-refractivity contribution in [3.8, 4) is 5.75 Å². The predicted molar refractivity (Wildman–Crippen MR) is 111 cm³/mol. The molecular formula is C23H19N3O5. The summed E-state index contributed by atoms with van der Waals surface area (Å²) < 4.78 is 5.76. The number of imide groups is 1. The maximum Gasteiger partial charge on any atom is 0.269 e. The number of hydrogen-bond acceptors (Lipinski definition) is 6. The fraction of sp³-hybridized carbons (Fsp3) is 0.261. The van der Waals surface area contributed by atoms with Gasteiger partial charge in [0.25, 0.3) is 17.5 Å². The third-order valence-corrected chi connectivity index (χ3v) is 6.18. The maximum absolute atomic E-state index is 12.7. The molecule has 156 valence electrons. The number of benzene rings is 2. The second-order valence-corrected chi connectivity index (χ2v) is 8.02. The van der Waals surface area contributed by atoms with E-state index in [1.165, 1.54) is 18.3 Å². The van der Waals surface area contributed by atoms with E-state index < -0.39 is 4.92 Å². The van der Waals surface area contributed by atoms with Crippen LogP contribution in [0.1, 0.15) is 17.5 Å². The number of ether oxygens (including phenoxy) is 1. The highest BCUT2D eigenvalue weighted by molar-refractivity contribution is 6.06. The van der Waals surface area contributed by atoms with Gasteiger partial charge in [-0.2, -0.15) is 10.1 Å². The van der Waals surface area contributed by atoms with E-state index >= 15 is 0 Å². The Morgan fingerprint density at radius 3 is 2.39 bits per heavy atom. The Hall–Kier alpha value is -3.81. The standard InChI is InChI=1S/C23H19N3O5/c27-22-20-16-6-7-17(11-16)21(20)23(28)25(22)24-12-15-2-1-3-19(10-15)31-13-14-4-8-18(9-5-14)26(29)30/h1-10,12,16-17,20-21H,11,13H2/t16-,17-,20-,21+/m0/s1. The Labute approximate surface area is 178 Å². The molecule has 2 amide bonds. The van der Waals surface area contributed by atoms with E-state index in [0.717, 1.165) is 17.0 Å². The summed E-state index contributed by atoms with van der Waals surface area (Å²) in [5.41, 5.74) is 1.52. The normalized spacial score (nSPS) is 26.1. The molecule has 2 bridgehead atoms. The lowest BCUT2D eigenvalue weighted by Gasteiger charge is -2.13. The third-order valence-electron chi connectivity index (χ3n) is 6.18. The van der Waals surface area contributed by atoms with Gasteiger partial charge in [-0.25, -0.2) is 0 Å². The minimum atomic E-state index is -0.447. The molecule has 2 aliphatic carbocycles. The smallest absolute Gasteiger partial charge is 0.269 e. The number of amides is 2. The first-order valence-electron chi connectivity index (χ1n) is 10.1. The zero-order chi connectivity index (χ0) is 21.5. The Kier molecular flexibility index (Phi) is 4.62. The fourth-order valence-corrected chi connectivity index (χ4v) is 4.69. The van der Waals surface area contributed by atoms with Gasteiger partial charge in [0.05, 0.1) is 23.0 Å². The molecule has 0 spiro atoms. The van der Waals surface area contributed by atoms with Crippen LogP contribution in [0.15, 0.2) is 65.8 Å². The van der Waals surface area contributed by atoms with Crippen molar-refractivity contribution in [3.63, 3.8) is 0 Å². The van der Waals surface area contributed by atoms with Gasteiger partial charge >= 0.3 is 0 Å². The molecule has 0 N–H and O–H groups in total. The van der Waals surface area contributed by atoms with Gasteiger partial charge in [0.15, 0.2) is 0 Å². The summed E-state index contributed by atoms with van der Waals surface area (Å²) in [6.45, 7) is 0.251. The first-order chi connectivity index (χ1) is 15.0. The number of fused-ring (bicyclic) bond motifs is 5. The predicted octanol–water partition coefficient (Wildman–Crippen LogP) is 3.31. The number of allylic oxidation sites excluding steroid dienone is 2. The van der Waals surface area contributed by atoms with E-state index in [9.17, 15) is 19.7 Å². The summed E-state index contributed by atoms with van der Waals surface area (Å²) in [5.74, 6) is -0.0690. The minimum absolute atomic E-state index is 0.0286. The fourth-order valence-electron chi connectivity index (χ4n) is 4.69. The summed E-state index contributed by atoms with van der Waals surface area (Å²) in [6, 6.07) is 13.3. The van der Waals surface area contributed by atoms with Crippen molar-refractivity contribution in [1.29, 1.82) is 0 Å². The molecule has 0 unspecified atom stereocenters. The van der Waals surface area contributed by atoms with Crippen molar-refractivity contribution in [1.82, 2.24) is 5.01 Å². The average molecular weight is 417 g/mol. The van der Waals surface area contributed by atoms with Crippen LogP contribution in [0.25, 0.3) is 0 Å². The number of rotatable bonds is 6. The van der Waals surface area contributed by atoms with Crippen LogP contribution in [0.4, 0.5) is 5.69 Å². The largest absolute Gasteiger partial charge is 0.489 e. The molecule has 1 heterocycles. The van der Waals surface area contributed by atoms with E-state index in [-0.39, 0.29) is 47.8 Å². The second kappa shape index (κ2) is 7.46. The Morgan fingerprint density at radius 1 is 1.06 bits per heavy atom. The van der Waals surface area contributed by atoms with Gasteiger partial charge in [-0.1, -0.05) is 24.3 Å². The maximum atomic E-state index is 12.7. The highest BCUT2D eigenvalue weighted by Crippen LogP contribution is 2.52. The van der Waals surface area contributed by atoms with Crippen LogP contribution < -0.4 is 4.74 Å². The number of nitrogens with zero attached hydrogens (tertiary/aromatic N) is 3. The van der Waals surface area contributed by atoms with Gasteiger partial charge in [-0.05, 0) is 53.6 Å². The van der Waals surface area contributed by atoms with Crippen molar-refractivity contribution < 1.29 is 19.2 Å². The first-order valence-corrected chi connectivity index (χ1v) is 10.1. The zero-order valence-electron chi connectivity index (χ0n) is 16.5. The number of hydrogen-bond donors (Lipinski definition) is 0. The monoisotopic (exact) mass is 417 g/mol. The molecule has 2 aromatic rings. The van der Waals surface area contributed by atoms with Gasteiger partial charge < -0.3 is 4.74 Å². The summed E-state index contributed by atoms with van der Waals surface area (Å²) >= 11 is 0. The van der Waals surface area contributed by atoms with Crippen molar-refractivity contribution in [2.75, 3.05) is 0 Å². The van der Waals surface area contributed by atoms with E-state index in [0.29, 0.717) is 11.3 Å². The van der Waals surface area contributed by atoms with Crippen molar-refractivity contribution in [3.05, 3.63) is 81.9 Å². The molecule has 2 fully saturated rings. The SMILES string of the molecule is O=C1[C@@H]2[C@H](C(=O)N1N=Cc1cccc(OCc3ccc([N+](=O)[O-])cc3)c1)[C@H]1C=C[C@H]2C1. The average Bonchev–Trinajstić information content (AvgIpc) is 3.46. The number of carbonyl (C=O) groups is 2. The van der Waals surface area contributed by atoms with Gasteiger partial charge in [-0.15, -0.1) is 0 Å². The second-order valence-electron chi connectivity index (χ2n) is 8.02. The molecule has 1 aliphatic heterocycles. The molecule has 4 atom stereocenters. The molecule has 31 heavy (non-hydrogen) atoms. The van der Waals surface area contributed by atoms with E-state index in [2.05, 4.69) is 17.3 Å². The van der Waals surface area contributed by atoms with Crippen LogP contribution in [0.2, 0.25) is 0 Å². The number of non-ortho nitro benzene ring substituents is 1. The lowest BCUT2D eigenvalue weighted by molar-refractivity contribution is -0.384. The van der Waals surface area contributed by atoms with E-state index in [4.69, 9.17) is 4.74 Å². The molecule has 2 aromatic carbocycles. The summed E-state index contributed by atoms with van der Waals surface area (Å²) in [6.07, 6.45) is 6.48. The van der Waals surface area contributed by atoms with Crippen LogP contribution in [-0.2, 0) is 16.2 Å². The van der Waals surface area contributed by atoms with Gasteiger partial charge in [0.2, 0.25) is 0 Å². The van der Waals surface area contributed by atoms with Gasteiger partial charge in [0.1, 0.15) is 12.4 Å². The molecule has 1 saturated carbocycles. The van der Waals surface area contributed by atoms with Crippen LogP contribution in [-0.4, -0.2) is 28.0 Å². The lowest BCUT2D eigenvalue weighted by Crippen LogP contribution is -2.28. The number of nitro groups is 1. The highest BCUT2D eigenvalue weighted by Gasteiger charge is 2.59. The molecule has 0 radical (unpaired) electrons. The van der Waals surface area contributed by atoms with Crippen LogP contribution >= 0.6 is 0 Å². The van der Waals surface area contributed by atoms with Crippen LogP contribution in [0.3, 0.4) is 0 Å². The quantitative estimate of drug-likeness (QED) is 0.236. The Morgan fingerprint density at radius 2 is 1.74 bits per heavy atom. The molecule has 3 aliphatic rings. The zero-order valence-corrected chi connectivity index (χ0v) is 16.5. The summed E-state index contributed by atoms with van der Waals surface area (Å²) in [7, 11) is 0. The molecule has 8 nitrogen and oxygen atoms in total. The minimum Gasteiger partial charge on any atom is -0.489 e. The van der Waals surface area contributed by atoms with Crippen LogP contribution in [0.5, 0.6) is 5.75 Å². The number of hydrazone groups is 1. The topological polar surface area (TPSA) is 102 Å². The third kappa shape index (κ3) is 3.39. The molecule has 8 heteroatoms. The summed E-state index contributed by atoms with van der Waals surface area (Å²) in [4.78, 5) is 35.7. The Balaban J connectivity index is 1.24. The summed E-state index contributed by atoms with van der Waals surface area (Å²) in [5, 5.41) is 15.9. The first kappa shape index (κ1) is 19.2. The van der Waals surface area contributed by atoms with E-state index in [1.54, 1.807) is 36.4 Å². The molecular weight excluding hydrogens is 398 g/mol. The Bertz CT molecular complexity index is 1090. The highest BCUT2D eigenvalue weighted by atomic mass is 16.6. The van der Waals surface area contributed by atoms with Gasteiger partial charge in [-0.3, -0.25) is 19.7 Å². The van der Waals surface area contributed by atoms with Crippen molar-refractivity contribution in [2.24, 2.45) is 28.8 Å². The van der Waals surface area contributed by atoms with Gasteiger partial charge in [0, 0.05) is 12.1 Å².